The normalized spacial score (nSPS) is 13.9. The standard InChI is InChI=1S/C18H14Cl2N2O3/c19-9-1-2-14-12(5-9)11-3-4-22(8-15(11)21-14)18(25)13-6-10(20)7-16(23)17(13)24/h1-2,5-7,21,23-24H,3-4,8H2. The zero-order chi connectivity index (χ0) is 17.7. The second-order valence-corrected chi connectivity index (χ2v) is 6.94. The van der Waals surface area contributed by atoms with Crippen molar-refractivity contribution in [3.05, 3.63) is 57.2 Å². The first-order valence-electron chi connectivity index (χ1n) is 7.74. The van der Waals surface area contributed by atoms with E-state index in [2.05, 4.69) is 4.98 Å². The Labute approximate surface area is 153 Å². The van der Waals surface area contributed by atoms with Crippen LogP contribution < -0.4 is 0 Å². The van der Waals surface area contributed by atoms with Crippen LogP contribution in [0.25, 0.3) is 10.9 Å². The Kier molecular flexibility index (Phi) is 3.78. The number of aromatic nitrogens is 1. The fourth-order valence-corrected chi connectivity index (χ4v) is 3.69. The van der Waals surface area contributed by atoms with Gasteiger partial charge in [-0.1, -0.05) is 23.2 Å². The Morgan fingerprint density at radius 2 is 1.92 bits per heavy atom. The molecule has 3 N–H and O–H groups in total. The van der Waals surface area contributed by atoms with Gasteiger partial charge in [0.15, 0.2) is 11.5 Å². The lowest BCUT2D eigenvalue weighted by atomic mass is 10.0. The number of fused-ring (bicyclic) bond motifs is 3. The van der Waals surface area contributed by atoms with Crippen molar-refractivity contribution >= 4 is 40.0 Å². The molecular weight excluding hydrogens is 363 g/mol. The maximum Gasteiger partial charge on any atom is 0.258 e. The van der Waals surface area contributed by atoms with Gasteiger partial charge >= 0.3 is 0 Å². The maximum atomic E-state index is 12.8. The molecule has 1 aromatic heterocycles. The van der Waals surface area contributed by atoms with Crippen LogP contribution >= 0.6 is 23.2 Å². The van der Waals surface area contributed by atoms with E-state index in [9.17, 15) is 15.0 Å². The number of halogens is 2. The van der Waals surface area contributed by atoms with E-state index in [-0.39, 0.29) is 16.5 Å². The highest BCUT2D eigenvalue weighted by Gasteiger charge is 2.27. The number of nitrogens with one attached hydrogen (secondary N) is 1. The van der Waals surface area contributed by atoms with E-state index in [1.54, 1.807) is 4.90 Å². The molecule has 0 atom stereocenters. The number of phenols is 2. The number of rotatable bonds is 1. The molecule has 0 bridgehead atoms. The molecule has 4 rings (SSSR count). The van der Waals surface area contributed by atoms with E-state index in [4.69, 9.17) is 23.2 Å². The second-order valence-electron chi connectivity index (χ2n) is 6.07. The Bertz CT molecular complexity index is 1010. The lowest BCUT2D eigenvalue weighted by Gasteiger charge is -2.27. The molecular formula is C18H14Cl2N2O3. The summed E-state index contributed by atoms with van der Waals surface area (Å²) in [6.45, 7) is 0.880. The quantitative estimate of drug-likeness (QED) is 0.560. The molecule has 0 aliphatic carbocycles. The monoisotopic (exact) mass is 376 g/mol. The van der Waals surface area contributed by atoms with Gasteiger partial charge in [-0.25, -0.2) is 0 Å². The van der Waals surface area contributed by atoms with Gasteiger partial charge in [0, 0.05) is 39.3 Å². The number of aromatic hydroxyl groups is 2. The maximum absolute atomic E-state index is 12.8. The fraction of sp³-hybridized carbons (Fsp3) is 0.167. The number of carbonyl (C=O) groups is 1. The zero-order valence-electron chi connectivity index (χ0n) is 13.0. The number of phenolic OH excluding ortho intramolecular Hbond substituents is 2. The molecule has 3 aromatic rings. The van der Waals surface area contributed by atoms with Gasteiger partial charge < -0.3 is 20.1 Å². The number of benzene rings is 2. The van der Waals surface area contributed by atoms with Crippen molar-refractivity contribution in [1.82, 2.24) is 9.88 Å². The van der Waals surface area contributed by atoms with Crippen LogP contribution in [0, 0.1) is 0 Å². The van der Waals surface area contributed by atoms with Crippen molar-refractivity contribution in [1.29, 1.82) is 0 Å². The van der Waals surface area contributed by atoms with E-state index >= 15 is 0 Å². The number of H-pyrrole nitrogens is 1. The van der Waals surface area contributed by atoms with Crippen LogP contribution in [-0.2, 0) is 13.0 Å². The molecule has 0 saturated heterocycles. The zero-order valence-corrected chi connectivity index (χ0v) is 14.5. The van der Waals surface area contributed by atoms with E-state index < -0.39 is 11.5 Å². The van der Waals surface area contributed by atoms with Gasteiger partial charge in [0.2, 0.25) is 0 Å². The van der Waals surface area contributed by atoms with E-state index in [0.29, 0.717) is 24.5 Å². The molecule has 0 saturated carbocycles. The minimum atomic E-state index is -0.455. The summed E-state index contributed by atoms with van der Waals surface area (Å²) in [4.78, 5) is 17.7. The van der Waals surface area contributed by atoms with E-state index in [1.807, 2.05) is 18.2 Å². The molecule has 25 heavy (non-hydrogen) atoms. The molecule has 0 unspecified atom stereocenters. The first kappa shape index (κ1) is 16.1. The smallest absolute Gasteiger partial charge is 0.258 e. The Hall–Kier alpha value is -2.37. The van der Waals surface area contributed by atoms with Crippen LogP contribution in [0.2, 0.25) is 10.0 Å². The molecule has 0 fully saturated rings. The van der Waals surface area contributed by atoms with Gasteiger partial charge in [-0.2, -0.15) is 0 Å². The molecule has 0 spiro atoms. The first-order chi connectivity index (χ1) is 11.9. The van der Waals surface area contributed by atoms with Crippen LogP contribution in [0.3, 0.4) is 0 Å². The average molecular weight is 377 g/mol. The van der Waals surface area contributed by atoms with Gasteiger partial charge in [-0.3, -0.25) is 4.79 Å². The second kappa shape index (κ2) is 5.86. The van der Waals surface area contributed by atoms with Gasteiger partial charge in [-0.05, 0) is 36.2 Å². The summed E-state index contributed by atoms with van der Waals surface area (Å²) in [5, 5.41) is 21.6. The number of amides is 1. The third kappa shape index (κ3) is 2.69. The van der Waals surface area contributed by atoms with Crippen LogP contribution in [0.5, 0.6) is 11.5 Å². The predicted molar refractivity (Wildman–Crippen MR) is 96.5 cm³/mol. The van der Waals surface area contributed by atoms with Crippen molar-refractivity contribution in [2.24, 2.45) is 0 Å². The summed E-state index contributed by atoms with van der Waals surface area (Å²) in [5.74, 6) is -1.24. The molecule has 1 aliphatic heterocycles. The van der Waals surface area contributed by atoms with Crippen molar-refractivity contribution in [2.75, 3.05) is 6.54 Å². The minimum Gasteiger partial charge on any atom is -0.504 e. The number of nitrogens with zero attached hydrogens (tertiary/aromatic N) is 1. The summed E-state index contributed by atoms with van der Waals surface area (Å²) in [6.07, 6.45) is 0.675. The lowest BCUT2D eigenvalue weighted by molar-refractivity contribution is 0.0729. The summed E-state index contributed by atoms with van der Waals surface area (Å²) in [5.41, 5.74) is 3.07. The molecule has 2 aromatic carbocycles. The van der Waals surface area contributed by atoms with Gasteiger partial charge in [0.25, 0.3) is 5.91 Å². The molecule has 7 heteroatoms. The molecule has 5 nitrogen and oxygen atoms in total. The minimum absolute atomic E-state index is 0.00685. The predicted octanol–water partition coefficient (Wildman–Crippen LogP) is 4.08. The molecule has 2 heterocycles. The van der Waals surface area contributed by atoms with E-state index in [1.165, 1.54) is 12.1 Å². The van der Waals surface area contributed by atoms with Crippen molar-refractivity contribution in [3.63, 3.8) is 0 Å². The SMILES string of the molecule is O=C(c1cc(Cl)cc(O)c1O)N1CCc2c([nH]c3ccc(Cl)cc23)C1. The molecule has 1 amide bonds. The topological polar surface area (TPSA) is 76.6 Å². The van der Waals surface area contributed by atoms with E-state index in [0.717, 1.165) is 22.2 Å². The summed E-state index contributed by atoms with van der Waals surface area (Å²) in [7, 11) is 0. The van der Waals surface area contributed by atoms with Crippen LogP contribution in [0.4, 0.5) is 0 Å². The van der Waals surface area contributed by atoms with Crippen LogP contribution in [0.1, 0.15) is 21.6 Å². The highest BCUT2D eigenvalue weighted by Crippen LogP contribution is 2.35. The summed E-state index contributed by atoms with van der Waals surface area (Å²) < 4.78 is 0. The van der Waals surface area contributed by atoms with Crippen molar-refractivity contribution < 1.29 is 15.0 Å². The third-order valence-electron chi connectivity index (χ3n) is 4.51. The van der Waals surface area contributed by atoms with Crippen molar-refractivity contribution in [2.45, 2.75) is 13.0 Å². The largest absolute Gasteiger partial charge is 0.504 e. The highest BCUT2D eigenvalue weighted by molar-refractivity contribution is 6.31. The molecule has 1 aliphatic rings. The van der Waals surface area contributed by atoms with Crippen LogP contribution in [-0.4, -0.2) is 32.5 Å². The summed E-state index contributed by atoms with van der Waals surface area (Å²) in [6, 6.07) is 8.22. The Balaban J connectivity index is 1.69. The molecule has 128 valence electrons. The Morgan fingerprint density at radius 1 is 1.12 bits per heavy atom. The molecule has 0 radical (unpaired) electrons. The van der Waals surface area contributed by atoms with Gasteiger partial charge in [0.1, 0.15) is 0 Å². The number of hydrogen-bond acceptors (Lipinski definition) is 3. The van der Waals surface area contributed by atoms with Gasteiger partial charge in [-0.15, -0.1) is 0 Å². The van der Waals surface area contributed by atoms with Crippen LogP contribution in [0.15, 0.2) is 30.3 Å². The average Bonchev–Trinajstić information content (AvgIpc) is 2.94. The number of aromatic amines is 1. The van der Waals surface area contributed by atoms with Gasteiger partial charge in [0.05, 0.1) is 12.1 Å². The first-order valence-corrected chi connectivity index (χ1v) is 8.49. The number of carbonyl (C=O) groups excluding carboxylic acids is 1. The summed E-state index contributed by atoms with van der Waals surface area (Å²) >= 11 is 12.0. The highest BCUT2D eigenvalue weighted by atomic mass is 35.5. The number of hydrogen-bond donors (Lipinski definition) is 3. The lowest BCUT2D eigenvalue weighted by Crippen LogP contribution is -2.35. The Morgan fingerprint density at radius 3 is 2.72 bits per heavy atom. The fourth-order valence-electron chi connectivity index (χ4n) is 3.30. The third-order valence-corrected chi connectivity index (χ3v) is 4.96. The van der Waals surface area contributed by atoms with Crippen molar-refractivity contribution in [3.8, 4) is 11.5 Å².